The Morgan fingerprint density at radius 3 is 2.15 bits per heavy atom. The number of benzene rings is 1. The molecule has 6 heteroatoms. The van der Waals surface area contributed by atoms with Gasteiger partial charge in [0.1, 0.15) is 0 Å². The molecule has 0 saturated heterocycles. The molecular formula is C14H25N3O2S. The normalized spacial score (nSPS) is 13.9. The summed E-state index contributed by atoms with van der Waals surface area (Å²) < 4.78 is 25.2. The molecule has 1 aromatic rings. The third-order valence-corrected chi connectivity index (χ3v) is 5.35. The zero-order valence-corrected chi connectivity index (χ0v) is 13.7. The molecule has 0 heterocycles. The van der Waals surface area contributed by atoms with Crippen molar-refractivity contribution in [3.05, 3.63) is 29.8 Å². The van der Waals surface area contributed by atoms with Crippen molar-refractivity contribution in [2.24, 2.45) is 0 Å². The summed E-state index contributed by atoms with van der Waals surface area (Å²) in [5.74, 6) is 0. The van der Waals surface area contributed by atoms with Gasteiger partial charge in [0.05, 0.1) is 4.90 Å². The van der Waals surface area contributed by atoms with E-state index >= 15 is 0 Å². The maximum Gasteiger partial charge on any atom is 0.242 e. The largest absolute Gasteiger partial charge is 0.318 e. The molecular weight excluding hydrogens is 274 g/mol. The van der Waals surface area contributed by atoms with Crippen LogP contribution in [0.15, 0.2) is 29.2 Å². The average Bonchev–Trinajstić information content (AvgIpc) is 2.43. The molecule has 1 rings (SSSR count). The Kier molecular flexibility index (Phi) is 6.13. The first-order chi connectivity index (χ1) is 9.30. The van der Waals surface area contributed by atoms with E-state index in [2.05, 4.69) is 24.2 Å². The summed E-state index contributed by atoms with van der Waals surface area (Å²) >= 11 is 0. The SMILES string of the molecule is CNCCN(C)C(C)c1ccc(S(=O)(=O)N(C)C)cc1. The van der Waals surface area contributed by atoms with E-state index in [1.54, 1.807) is 12.1 Å². The molecule has 20 heavy (non-hydrogen) atoms. The Bertz CT molecular complexity index is 512. The summed E-state index contributed by atoms with van der Waals surface area (Å²) in [7, 11) is 3.73. The highest BCUT2D eigenvalue weighted by Gasteiger charge is 2.18. The number of hydrogen-bond donors (Lipinski definition) is 1. The zero-order chi connectivity index (χ0) is 15.3. The fraction of sp³-hybridized carbons (Fsp3) is 0.571. The Morgan fingerprint density at radius 2 is 1.70 bits per heavy atom. The quantitative estimate of drug-likeness (QED) is 0.820. The van der Waals surface area contributed by atoms with Gasteiger partial charge in [0, 0.05) is 33.2 Å². The lowest BCUT2D eigenvalue weighted by Crippen LogP contribution is -2.29. The molecule has 1 unspecified atom stereocenters. The standard InChI is InChI=1S/C14H25N3O2S/c1-12(17(5)11-10-15-2)13-6-8-14(9-7-13)20(18,19)16(3)4/h6-9,12,15H,10-11H2,1-5H3. The van der Waals surface area contributed by atoms with E-state index in [0.29, 0.717) is 4.90 Å². The van der Waals surface area contributed by atoms with Crippen LogP contribution in [0.1, 0.15) is 18.5 Å². The molecule has 1 atom stereocenters. The lowest BCUT2D eigenvalue weighted by atomic mass is 10.1. The second-order valence-corrected chi connectivity index (χ2v) is 7.27. The molecule has 0 aliphatic carbocycles. The predicted octanol–water partition coefficient (Wildman–Crippen LogP) is 1.15. The highest BCUT2D eigenvalue weighted by Crippen LogP contribution is 2.21. The Labute approximate surface area is 122 Å². The molecule has 1 N–H and O–H groups in total. The van der Waals surface area contributed by atoms with Crippen LogP contribution in [0.2, 0.25) is 0 Å². The van der Waals surface area contributed by atoms with E-state index in [1.165, 1.54) is 18.4 Å². The fourth-order valence-electron chi connectivity index (χ4n) is 1.87. The van der Waals surface area contributed by atoms with Crippen molar-refractivity contribution in [2.45, 2.75) is 17.9 Å². The fourth-order valence-corrected chi connectivity index (χ4v) is 2.77. The van der Waals surface area contributed by atoms with Gasteiger partial charge in [-0.25, -0.2) is 12.7 Å². The van der Waals surface area contributed by atoms with Gasteiger partial charge in [0.15, 0.2) is 0 Å². The van der Waals surface area contributed by atoms with Crippen LogP contribution in [-0.4, -0.2) is 58.9 Å². The van der Waals surface area contributed by atoms with Crippen LogP contribution in [0.5, 0.6) is 0 Å². The second kappa shape index (κ2) is 7.17. The molecule has 0 radical (unpaired) electrons. The zero-order valence-electron chi connectivity index (χ0n) is 12.9. The number of rotatable bonds is 7. The van der Waals surface area contributed by atoms with Crippen LogP contribution in [0, 0.1) is 0 Å². The van der Waals surface area contributed by atoms with Gasteiger partial charge in [0.25, 0.3) is 0 Å². The molecule has 0 aliphatic heterocycles. The van der Waals surface area contributed by atoms with Crippen LogP contribution in [0.3, 0.4) is 0 Å². The summed E-state index contributed by atoms with van der Waals surface area (Å²) in [5.41, 5.74) is 1.11. The van der Waals surface area contributed by atoms with Crippen molar-refractivity contribution in [1.82, 2.24) is 14.5 Å². The predicted molar refractivity (Wildman–Crippen MR) is 82.3 cm³/mol. The Hall–Kier alpha value is -0.950. The number of nitrogens with one attached hydrogen (secondary N) is 1. The maximum atomic E-state index is 12.0. The van der Waals surface area contributed by atoms with Crippen LogP contribution < -0.4 is 5.32 Å². The van der Waals surface area contributed by atoms with Crippen molar-refractivity contribution in [1.29, 1.82) is 0 Å². The topological polar surface area (TPSA) is 52.7 Å². The van der Waals surface area contributed by atoms with Gasteiger partial charge in [-0.3, -0.25) is 4.90 Å². The maximum absolute atomic E-state index is 12.0. The number of hydrogen-bond acceptors (Lipinski definition) is 4. The summed E-state index contributed by atoms with van der Waals surface area (Å²) in [4.78, 5) is 2.56. The number of nitrogens with zero attached hydrogens (tertiary/aromatic N) is 2. The number of likely N-dealkylation sites (N-methyl/N-ethyl adjacent to an activating group) is 2. The summed E-state index contributed by atoms with van der Waals surface area (Å²) in [6.45, 7) is 3.98. The van der Waals surface area contributed by atoms with E-state index in [1.807, 2.05) is 19.2 Å². The third kappa shape index (κ3) is 4.02. The smallest absolute Gasteiger partial charge is 0.242 e. The summed E-state index contributed by atoms with van der Waals surface area (Å²) in [6, 6.07) is 7.37. The Morgan fingerprint density at radius 1 is 1.15 bits per heavy atom. The molecule has 1 aromatic carbocycles. The molecule has 114 valence electrons. The van der Waals surface area contributed by atoms with Gasteiger partial charge < -0.3 is 5.32 Å². The average molecular weight is 299 g/mol. The van der Waals surface area contributed by atoms with Crippen molar-refractivity contribution in [3.63, 3.8) is 0 Å². The lowest BCUT2D eigenvalue weighted by Gasteiger charge is -2.25. The van der Waals surface area contributed by atoms with Crippen molar-refractivity contribution in [2.75, 3.05) is 41.3 Å². The summed E-state index contributed by atoms with van der Waals surface area (Å²) in [5, 5.41) is 3.12. The first kappa shape index (κ1) is 17.1. The molecule has 0 saturated carbocycles. The minimum absolute atomic E-state index is 0.250. The molecule has 0 fully saturated rings. The molecule has 0 spiro atoms. The minimum Gasteiger partial charge on any atom is -0.318 e. The minimum atomic E-state index is -3.34. The molecule has 0 aromatic heterocycles. The van der Waals surface area contributed by atoms with Gasteiger partial charge in [-0.1, -0.05) is 12.1 Å². The van der Waals surface area contributed by atoms with Crippen molar-refractivity contribution < 1.29 is 8.42 Å². The van der Waals surface area contributed by atoms with Gasteiger partial charge in [-0.2, -0.15) is 0 Å². The van der Waals surface area contributed by atoms with Crippen LogP contribution in [0.4, 0.5) is 0 Å². The molecule has 5 nitrogen and oxygen atoms in total. The lowest BCUT2D eigenvalue weighted by molar-refractivity contribution is 0.263. The highest BCUT2D eigenvalue weighted by molar-refractivity contribution is 7.89. The van der Waals surface area contributed by atoms with E-state index in [4.69, 9.17) is 0 Å². The van der Waals surface area contributed by atoms with E-state index in [-0.39, 0.29) is 6.04 Å². The first-order valence-electron chi connectivity index (χ1n) is 6.68. The molecule has 0 bridgehead atoms. The number of sulfonamides is 1. The van der Waals surface area contributed by atoms with Crippen LogP contribution in [0.25, 0.3) is 0 Å². The monoisotopic (exact) mass is 299 g/mol. The summed E-state index contributed by atoms with van der Waals surface area (Å²) in [6.07, 6.45) is 0. The van der Waals surface area contributed by atoms with Gasteiger partial charge in [-0.15, -0.1) is 0 Å². The van der Waals surface area contributed by atoms with Crippen LogP contribution in [-0.2, 0) is 10.0 Å². The molecule has 0 amide bonds. The van der Waals surface area contributed by atoms with Gasteiger partial charge in [-0.05, 0) is 38.7 Å². The molecule has 0 aliphatic rings. The van der Waals surface area contributed by atoms with E-state index < -0.39 is 10.0 Å². The third-order valence-electron chi connectivity index (χ3n) is 3.52. The first-order valence-corrected chi connectivity index (χ1v) is 8.12. The van der Waals surface area contributed by atoms with E-state index in [0.717, 1.165) is 18.7 Å². The Balaban J connectivity index is 2.86. The van der Waals surface area contributed by atoms with Crippen LogP contribution >= 0.6 is 0 Å². The van der Waals surface area contributed by atoms with Crippen molar-refractivity contribution >= 4 is 10.0 Å². The van der Waals surface area contributed by atoms with Gasteiger partial charge in [0.2, 0.25) is 10.0 Å². The van der Waals surface area contributed by atoms with E-state index in [9.17, 15) is 8.42 Å². The van der Waals surface area contributed by atoms with Gasteiger partial charge >= 0.3 is 0 Å². The second-order valence-electron chi connectivity index (χ2n) is 5.12. The van der Waals surface area contributed by atoms with Crippen molar-refractivity contribution in [3.8, 4) is 0 Å². The highest BCUT2D eigenvalue weighted by atomic mass is 32.2.